The van der Waals surface area contributed by atoms with Gasteiger partial charge in [-0.15, -0.1) is 0 Å². The van der Waals surface area contributed by atoms with Crippen LogP contribution in [0.15, 0.2) is 18.2 Å². The highest BCUT2D eigenvalue weighted by Gasteiger charge is 2.28. The van der Waals surface area contributed by atoms with E-state index in [9.17, 15) is 9.59 Å². The summed E-state index contributed by atoms with van der Waals surface area (Å²) in [7, 11) is 0. The van der Waals surface area contributed by atoms with Crippen molar-refractivity contribution in [2.24, 2.45) is 0 Å². The molecule has 2 amide bonds. The van der Waals surface area contributed by atoms with E-state index in [0.717, 1.165) is 19.3 Å². The second kappa shape index (κ2) is 6.46. The number of hydrogen-bond donors (Lipinski definition) is 1. The van der Waals surface area contributed by atoms with Crippen molar-refractivity contribution >= 4 is 40.7 Å². The van der Waals surface area contributed by atoms with Gasteiger partial charge in [-0.2, -0.15) is 0 Å². The van der Waals surface area contributed by atoms with Crippen LogP contribution in [0.4, 0.5) is 5.69 Å². The molecule has 0 aliphatic carbocycles. The topological polar surface area (TPSA) is 49.4 Å². The van der Waals surface area contributed by atoms with Crippen LogP contribution in [-0.2, 0) is 9.59 Å². The number of nitrogens with one attached hydrogen (secondary N) is 1. The van der Waals surface area contributed by atoms with Crippen molar-refractivity contribution in [3.05, 3.63) is 28.2 Å². The lowest BCUT2D eigenvalue weighted by Gasteiger charge is -2.32. The fraction of sp³-hybridized carbons (Fsp3) is 0.429. The van der Waals surface area contributed by atoms with E-state index in [0.29, 0.717) is 22.3 Å². The van der Waals surface area contributed by atoms with E-state index in [2.05, 4.69) is 5.32 Å². The lowest BCUT2D eigenvalue weighted by atomic mass is 10.0. The highest BCUT2D eigenvalue weighted by molar-refractivity contribution is 6.40. The quantitative estimate of drug-likeness (QED) is 0.808. The molecule has 0 radical (unpaired) electrons. The van der Waals surface area contributed by atoms with E-state index in [4.69, 9.17) is 23.2 Å². The maximum absolute atomic E-state index is 12.1. The predicted octanol–water partition coefficient (Wildman–Crippen LogP) is 3.33. The zero-order valence-electron chi connectivity index (χ0n) is 11.2. The van der Waals surface area contributed by atoms with E-state index in [1.807, 2.05) is 6.92 Å². The van der Waals surface area contributed by atoms with Crippen LogP contribution in [0.1, 0.15) is 26.2 Å². The summed E-state index contributed by atoms with van der Waals surface area (Å²) >= 11 is 11.7. The highest BCUT2D eigenvalue weighted by Crippen LogP contribution is 2.23. The standard InChI is InChI=1S/C14H16Cl2N2O2/c1-9-4-2-3-5-18(9)14(20)13(19)17-12-7-10(15)6-11(16)8-12/h6-9H,2-5H2,1H3,(H,17,19). The Balaban J connectivity index is 2.05. The van der Waals surface area contributed by atoms with Crippen molar-refractivity contribution in [3.8, 4) is 0 Å². The number of halogens is 2. The summed E-state index contributed by atoms with van der Waals surface area (Å²) in [4.78, 5) is 25.7. The number of carbonyl (C=O) groups excluding carboxylic acids is 2. The lowest BCUT2D eigenvalue weighted by Crippen LogP contribution is -2.47. The molecule has 1 N–H and O–H groups in total. The van der Waals surface area contributed by atoms with Crippen LogP contribution < -0.4 is 5.32 Å². The Labute approximate surface area is 128 Å². The van der Waals surface area contributed by atoms with Crippen LogP contribution >= 0.6 is 23.2 Å². The SMILES string of the molecule is CC1CCCCN1C(=O)C(=O)Nc1cc(Cl)cc(Cl)c1. The number of likely N-dealkylation sites (tertiary alicyclic amines) is 1. The molecule has 1 saturated heterocycles. The Morgan fingerprint density at radius 2 is 1.85 bits per heavy atom. The Kier molecular flexibility index (Phi) is 4.89. The molecule has 108 valence electrons. The fourth-order valence-corrected chi connectivity index (χ4v) is 2.87. The number of anilines is 1. The van der Waals surface area contributed by atoms with Gasteiger partial charge in [-0.1, -0.05) is 23.2 Å². The second-order valence-electron chi connectivity index (χ2n) is 4.96. The number of nitrogens with zero attached hydrogens (tertiary/aromatic N) is 1. The fourth-order valence-electron chi connectivity index (χ4n) is 2.34. The lowest BCUT2D eigenvalue weighted by molar-refractivity contribution is -0.145. The van der Waals surface area contributed by atoms with Crippen LogP contribution in [0.5, 0.6) is 0 Å². The maximum atomic E-state index is 12.1. The van der Waals surface area contributed by atoms with Crippen LogP contribution in [-0.4, -0.2) is 29.3 Å². The van der Waals surface area contributed by atoms with Crippen LogP contribution in [0.2, 0.25) is 10.0 Å². The molecule has 1 aliphatic rings. The first-order valence-corrected chi connectivity index (χ1v) is 7.31. The van der Waals surface area contributed by atoms with Crippen molar-refractivity contribution < 1.29 is 9.59 Å². The first kappa shape index (κ1) is 15.1. The van der Waals surface area contributed by atoms with Gasteiger partial charge >= 0.3 is 11.8 Å². The molecule has 0 bridgehead atoms. The third-order valence-corrected chi connectivity index (χ3v) is 3.81. The van der Waals surface area contributed by atoms with Gasteiger partial charge in [-0.25, -0.2) is 0 Å². The van der Waals surface area contributed by atoms with Gasteiger partial charge in [0.2, 0.25) is 0 Å². The molecule has 0 spiro atoms. The number of benzene rings is 1. The number of rotatable bonds is 1. The van der Waals surface area contributed by atoms with Gasteiger partial charge in [0.1, 0.15) is 0 Å². The van der Waals surface area contributed by atoms with E-state index >= 15 is 0 Å². The van der Waals surface area contributed by atoms with Crippen LogP contribution in [0.25, 0.3) is 0 Å². The molecule has 4 nitrogen and oxygen atoms in total. The van der Waals surface area contributed by atoms with E-state index < -0.39 is 11.8 Å². The number of piperidine rings is 1. The van der Waals surface area contributed by atoms with Crippen molar-refractivity contribution in [1.82, 2.24) is 4.90 Å². The van der Waals surface area contributed by atoms with Gasteiger partial charge < -0.3 is 10.2 Å². The number of carbonyl (C=O) groups is 2. The Bertz CT molecular complexity index is 514. The molecule has 2 rings (SSSR count). The Hall–Kier alpha value is -1.26. The molecular formula is C14H16Cl2N2O2. The molecule has 1 unspecified atom stereocenters. The largest absolute Gasteiger partial charge is 0.332 e. The minimum absolute atomic E-state index is 0.102. The molecule has 0 saturated carbocycles. The highest BCUT2D eigenvalue weighted by atomic mass is 35.5. The zero-order valence-corrected chi connectivity index (χ0v) is 12.7. The van der Waals surface area contributed by atoms with Crippen molar-refractivity contribution in [2.75, 3.05) is 11.9 Å². The molecule has 1 atom stereocenters. The number of amides is 2. The zero-order chi connectivity index (χ0) is 14.7. The van der Waals surface area contributed by atoms with Gasteiger partial charge in [0, 0.05) is 28.3 Å². The maximum Gasteiger partial charge on any atom is 0.313 e. The van der Waals surface area contributed by atoms with E-state index in [1.54, 1.807) is 23.1 Å². The van der Waals surface area contributed by atoms with Gasteiger partial charge in [-0.05, 0) is 44.4 Å². The van der Waals surface area contributed by atoms with Gasteiger partial charge in [-0.3, -0.25) is 9.59 Å². The van der Waals surface area contributed by atoms with E-state index in [-0.39, 0.29) is 6.04 Å². The third-order valence-electron chi connectivity index (χ3n) is 3.38. The monoisotopic (exact) mass is 314 g/mol. The molecule has 1 fully saturated rings. The molecule has 1 heterocycles. The molecule has 0 aromatic heterocycles. The van der Waals surface area contributed by atoms with Gasteiger partial charge in [0.05, 0.1) is 0 Å². The average Bonchev–Trinajstić information content (AvgIpc) is 2.37. The summed E-state index contributed by atoms with van der Waals surface area (Å²) in [5.74, 6) is -1.16. The summed E-state index contributed by atoms with van der Waals surface area (Å²) in [5.41, 5.74) is 0.422. The van der Waals surface area contributed by atoms with Gasteiger partial charge in [0.25, 0.3) is 0 Å². The van der Waals surface area contributed by atoms with Crippen molar-refractivity contribution in [1.29, 1.82) is 0 Å². The minimum atomic E-state index is -0.655. The summed E-state index contributed by atoms with van der Waals surface area (Å²) in [6.07, 6.45) is 2.96. The van der Waals surface area contributed by atoms with Crippen LogP contribution in [0, 0.1) is 0 Å². The second-order valence-corrected chi connectivity index (χ2v) is 5.83. The third kappa shape index (κ3) is 3.64. The summed E-state index contributed by atoms with van der Waals surface area (Å²) in [6, 6.07) is 4.77. The smallest absolute Gasteiger partial charge is 0.313 e. The minimum Gasteiger partial charge on any atom is -0.332 e. The normalized spacial score (nSPS) is 18.8. The van der Waals surface area contributed by atoms with Gasteiger partial charge in [0.15, 0.2) is 0 Å². The molecule has 1 aliphatic heterocycles. The molecule has 1 aromatic carbocycles. The summed E-state index contributed by atoms with van der Waals surface area (Å²) in [6.45, 7) is 2.59. The Morgan fingerprint density at radius 3 is 2.45 bits per heavy atom. The molecular weight excluding hydrogens is 299 g/mol. The summed E-state index contributed by atoms with van der Waals surface area (Å²) < 4.78 is 0. The average molecular weight is 315 g/mol. The van der Waals surface area contributed by atoms with Crippen LogP contribution in [0.3, 0.4) is 0 Å². The van der Waals surface area contributed by atoms with E-state index in [1.165, 1.54) is 0 Å². The Morgan fingerprint density at radius 1 is 1.20 bits per heavy atom. The summed E-state index contributed by atoms with van der Waals surface area (Å²) in [5, 5.41) is 3.36. The van der Waals surface area contributed by atoms with Crippen molar-refractivity contribution in [3.63, 3.8) is 0 Å². The number of hydrogen-bond acceptors (Lipinski definition) is 2. The molecule has 6 heteroatoms. The first-order chi connectivity index (χ1) is 9.47. The predicted molar refractivity (Wildman–Crippen MR) is 80.1 cm³/mol. The van der Waals surface area contributed by atoms with Crippen molar-refractivity contribution in [2.45, 2.75) is 32.2 Å². The molecule has 1 aromatic rings. The first-order valence-electron chi connectivity index (χ1n) is 6.55. The molecule has 20 heavy (non-hydrogen) atoms.